The van der Waals surface area contributed by atoms with Crippen LogP contribution < -0.4 is 33.2 Å². The van der Waals surface area contributed by atoms with Crippen molar-refractivity contribution in [2.45, 2.75) is 49.9 Å². The first-order valence-corrected chi connectivity index (χ1v) is 10.7. The van der Waals surface area contributed by atoms with Crippen molar-refractivity contribution in [1.29, 1.82) is 0 Å². The molecule has 4 unspecified atom stereocenters. The van der Waals surface area contributed by atoms with Crippen molar-refractivity contribution in [3.05, 3.63) is 18.2 Å². The third-order valence-electron chi connectivity index (χ3n) is 4.72. The molecule has 0 fully saturated rings. The van der Waals surface area contributed by atoms with E-state index in [1.54, 1.807) is 0 Å². The summed E-state index contributed by atoms with van der Waals surface area (Å²) in [6.07, 6.45) is 1.85. The van der Waals surface area contributed by atoms with Crippen LogP contribution in [0.15, 0.2) is 17.5 Å². The first kappa shape index (κ1) is 29.8. The minimum absolute atomic E-state index is 0.0609. The predicted octanol–water partition coefficient (Wildman–Crippen LogP) is -4.66. The van der Waals surface area contributed by atoms with Gasteiger partial charge in [-0.3, -0.25) is 24.2 Å². The SMILES string of the molecule is NC(N)=NCCCC(NC(=O)C(CC(=O)O)NC(=O)C(N)CO)C(=O)NC(Cc1cnc[nH]1)C(=O)O. The number of aromatic nitrogens is 2. The number of nitrogens with zero attached hydrogens (tertiary/aromatic N) is 2. The van der Waals surface area contributed by atoms with Gasteiger partial charge in [0.25, 0.3) is 0 Å². The lowest BCUT2D eigenvalue weighted by atomic mass is 10.1. The van der Waals surface area contributed by atoms with Crippen LogP contribution in [-0.2, 0) is 30.4 Å². The molecule has 3 amide bonds. The Labute approximate surface area is 204 Å². The summed E-state index contributed by atoms with van der Waals surface area (Å²) in [5.74, 6) is -5.90. The van der Waals surface area contributed by atoms with Crippen molar-refractivity contribution in [1.82, 2.24) is 25.9 Å². The van der Waals surface area contributed by atoms with Gasteiger partial charge in [-0.05, 0) is 12.8 Å². The second-order valence-electron chi connectivity index (χ2n) is 7.64. The summed E-state index contributed by atoms with van der Waals surface area (Å²) in [4.78, 5) is 70.8. The molecule has 0 aliphatic carbocycles. The van der Waals surface area contributed by atoms with Gasteiger partial charge in [-0.2, -0.15) is 0 Å². The smallest absolute Gasteiger partial charge is 0.326 e. The fraction of sp³-hybridized carbons (Fsp3) is 0.526. The highest BCUT2D eigenvalue weighted by atomic mass is 16.4. The Kier molecular flexibility index (Phi) is 12.3. The van der Waals surface area contributed by atoms with E-state index in [2.05, 4.69) is 30.9 Å². The standard InChI is InChI=1S/C19H31N9O8/c20-10(7-29)15(32)27-12(5-14(30)31)17(34)26-11(2-1-3-24-19(21)22)16(33)28-13(18(35)36)4-9-6-23-8-25-9/h6,8,10-13,29H,1-5,7,20H2,(H,23,25)(H,26,34)(H,27,32)(H,28,33)(H,30,31)(H,35,36)(H4,21,22,24). The van der Waals surface area contributed by atoms with Crippen LogP contribution in [0.4, 0.5) is 0 Å². The Hall–Kier alpha value is -4.25. The summed E-state index contributed by atoms with van der Waals surface area (Å²) in [6, 6.07) is -5.77. The second-order valence-corrected chi connectivity index (χ2v) is 7.64. The van der Waals surface area contributed by atoms with Crippen molar-refractivity contribution in [2.24, 2.45) is 22.2 Å². The summed E-state index contributed by atoms with van der Waals surface area (Å²) in [6.45, 7) is -0.672. The molecule has 17 heteroatoms. The molecule has 1 aromatic rings. The van der Waals surface area contributed by atoms with Crippen LogP contribution in [0, 0.1) is 0 Å². The number of aliphatic hydroxyl groups excluding tert-OH is 1. The second kappa shape index (κ2) is 14.9. The molecule has 1 aromatic heterocycles. The average Bonchev–Trinajstić information content (AvgIpc) is 3.31. The van der Waals surface area contributed by atoms with Crippen molar-refractivity contribution in [3.8, 4) is 0 Å². The van der Waals surface area contributed by atoms with E-state index in [0.29, 0.717) is 5.69 Å². The van der Waals surface area contributed by atoms with Gasteiger partial charge in [-0.25, -0.2) is 9.78 Å². The monoisotopic (exact) mass is 513 g/mol. The molecule has 0 spiro atoms. The highest BCUT2D eigenvalue weighted by Crippen LogP contribution is 2.05. The van der Waals surface area contributed by atoms with Crippen molar-refractivity contribution in [3.63, 3.8) is 0 Å². The molecule has 4 atom stereocenters. The molecule has 17 nitrogen and oxygen atoms in total. The third kappa shape index (κ3) is 10.8. The van der Waals surface area contributed by atoms with Crippen LogP contribution >= 0.6 is 0 Å². The Bertz CT molecular complexity index is 933. The van der Waals surface area contributed by atoms with Crippen molar-refractivity contribution in [2.75, 3.05) is 13.2 Å². The fourth-order valence-electron chi connectivity index (χ4n) is 2.88. The Morgan fingerprint density at radius 1 is 1.00 bits per heavy atom. The zero-order valence-corrected chi connectivity index (χ0v) is 19.2. The number of imidazole rings is 1. The lowest BCUT2D eigenvalue weighted by molar-refractivity contribution is -0.143. The Balaban J connectivity index is 3.03. The number of carboxylic acids is 2. The molecule has 1 rings (SSSR count). The lowest BCUT2D eigenvalue weighted by Gasteiger charge is -2.24. The number of guanidine groups is 1. The van der Waals surface area contributed by atoms with Crippen LogP contribution in [0.5, 0.6) is 0 Å². The quantitative estimate of drug-likeness (QED) is 0.0566. The minimum Gasteiger partial charge on any atom is -0.481 e. The Morgan fingerprint density at radius 3 is 2.14 bits per heavy atom. The molecule has 0 aliphatic heterocycles. The lowest BCUT2D eigenvalue weighted by Crippen LogP contribution is -2.58. The van der Waals surface area contributed by atoms with E-state index in [-0.39, 0.29) is 31.8 Å². The molecular formula is C19H31N9O8. The number of hydrogen-bond donors (Lipinski definition) is 10. The van der Waals surface area contributed by atoms with Gasteiger partial charge < -0.3 is 53.5 Å². The number of nitrogens with one attached hydrogen (secondary N) is 4. The number of hydrogen-bond acceptors (Lipinski definition) is 9. The zero-order chi connectivity index (χ0) is 27.3. The van der Waals surface area contributed by atoms with Crippen LogP contribution in [-0.4, -0.2) is 98.2 Å². The number of aliphatic carboxylic acids is 2. The van der Waals surface area contributed by atoms with Gasteiger partial charge in [0, 0.05) is 24.9 Å². The maximum absolute atomic E-state index is 12.9. The maximum atomic E-state index is 12.9. The van der Waals surface area contributed by atoms with Crippen LogP contribution in [0.3, 0.4) is 0 Å². The summed E-state index contributed by atoms with van der Waals surface area (Å²) in [5, 5.41) is 34.3. The van der Waals surface area contributed by atoms with E-state index >= 15 is 0 Å². The first-order valence-electron chi connectivity index (χ1n) is 10.7. The number of nitrogens with two attached hydrogens (primary N) is 3. The number of carboxylic acid groups (broad SMARTS) is 2. The summed E-state index contributed by atoms with van der Waals surface area (Å²) < 4.78 is 0. The number of rotatable bonds is 16. The van der Waals surface area contributed by atoms with Gasteiger partial charge >= 0.3 is 11.9 Å². The zero-order valence-electron chi connectivity index (χ0n) is 19.2. The van der Waals surface area contributed by atoms with Crippen molar-refractivity contribution >= 4 is 35.6 Å². The molecule has 0 aliphatic rings. The van der Waals surface area contributed by atoms with Gasteiger partial charge in [0.15, 0.2) is 5.96 Å². The molecule has 13 N–H and O–H groups in total. The first-order chi connectivity index (χ1) is 16.9. The molecule has 0 aromatic carbocycles. The average molecular weight is 514 g/mol. The number of H-pyrrole nitrogens is 1. The van der Waals surface area contributed by atoms with E-state index in [1.807, 2.05) is 0 Å². The predicted molar refractivity (Wildman–Crippen MR) is 123 cm³/mol. The molecule has 0 saturated heterocycles. The van der Waals surface area contributed by atoms with Gasteiger partial charge in [0.2, 0.25) is 17.7 Å². The third-order valence-corrected chi connectivity index (χ3v) is 4.72. The maximum Gasteiger partial charge on any atom is 0.326 e. The van der Waals surface area contributed by atoms with E-state index in [0.717, 1.165) is 0 Å². The fourth-order valence-corrected chi connectivity index (χ4v) is 2.88. The van der Waals surface area contributed by atoms with E-state index in [4.69, 9.17) is 27.4 Å². The molecule has 0 bridgehead atoms. The van der Waals surface area contributed by atoms with Crippen molar-refractivity contribution < 1.29 is 39.3 Å². The molecule has 0 saturated carbocycles. The normalized spacial score (nSPS) is 13.9. The number of aliphatic hydroxyl groups is 1. The summed E-state index contributed by atoms with van der Waals surface area (Å²) in [7, 11) is 0. The molecule has 36 heavy (non-hydrogen) atoms. The van der Waals surface area contributed by atoms with E-state index in [1.165, 1.54) is 12.5 Å². The summed E-state index contributed by atoms with van der Waals surface area (Å²) in [5.41, 5.74) is 16.3. The molecular weight excluding hydrogens is 482 g/mol. The van der Waals surface area contributed by atoms with Crippen LogP contribution in [0.25, 0.3) is 0 Å². The highest BCUT2D eigenvalue weighted by Gasteiger charge is 2.31. The van der Waals surface area contributed by atoms with Gasteiger partial charge in [-0.15, -0.1) is 0 Å². The number of aliphatic imine (C=N–C) groups is 1. The van der Waals surface area contributed by atoms with E-state index < -0.39 is 66.9 Å². The highest BCUT2D eigenvalue weighted by molar-refractivity contribution is 5.95. The largest absolute Gasteiger partial charge is 0.481 e. The Morgan fingerprint density at radius 2 is 1.61 bits per heavy atom. The number of carbonyl (C=O) groups excluding carboxylic acids is 3. The number of aromatic amines is 1. The molecule has 200 valence electrons. The van der Waals surface area contributed by atoms with Gasteiger partial charge in [-0.1, -0.05) is 0 Å². The van der Waals surface area contributed by atoms with Crippen LogP contribution in [0.2, 0.25) is 0 Å². The number of amides is 3. The van der Waals surface area contributed by atoms with Gasteiger partial charge in [0.1, 0.15) is 24.2 Å². The van der Waals surface area contributed by atoms with Gasteiger partial charge in [0.05, 0.1) is 19.4 Å². The minimum atomic E-state index is -1.64. The molecule has 1 heterocycles. The number of carbonyl (C=O) groups is 5. The van der Waals surface area contributed by atoms with Crippen LogP contribution in [0.1, 0.15) is 25.0 Å². The molecule has 0 radical (unpaired) electrons. The summed E-state index contributed by atoms with van der Waals surface area (Å²) >= 11 is 0. The van der Waals surface area contributed by atoms with E-state index in [9.17, 15) is 29.1 Å². The topological polar surface area (TPSA) is 301 Å².